The molecule has 2 heterocycles. The number of halogens is 3. The van der Waals surface area contributed by atoms with E-state index in [0.717, 1.165) is 10.2 Å². The Kier molecular flexibility index (Phi) is 7.26. The predicted octanol–water partition coefficient (Wildman–Crippen LogP) is 2.54. The number of thiophene rings is 1. The summed E-state index contributed by atoms with van der Waals surface area (Å²) in [5, 5.41) is 1.97. The molecule has 0 saturated carbocycles. The summed E-state index contributed by atoms with van der Waals surface area (Å²) in [6, 6.07) is 1.93. The summed E-state index contributed by atoms with van der Waals surface area (Å²) in [6.07, 6.45) is 1.74. The molecule has 0 saturated heterocycles. The van der Waals surface area contributed by atoms with E-state index < -0.39 is 0 Å². The molecule has 0 fully saturated rings. The normalized spacial score (nSPS) is 8.00. The number of hydrogen-bond acceptors (Lipinski definition) is 4. The van der Waals surface area contributed by atoms with E-state index in [1.807, 2.05) is 11.4 Å². The van der Waals surface area contributed by atoms with E-state index in [-0.39, 0.29) is 37.2 Å². The van der Waals surface area contributed by atoms with Gasteiger partial charge in [0.05, 0.1) is 16.4 Å². The summed E-state index contributed by atoms with van der Waals surface area (Å²) < 4.78 is 1.08. The van der Waals surface area contributed by atoms with Gasteiger partial charge in [0.1, 0.15) is 0 Å². The van der Waals surface area contributed by atoms with Crippen LogP contribution in [0.4, 0.5) is 5.95 Å². The van der Waals surface area contributed by atoms with E-state index in [9.17, 15) is 0 Å². The minimum atomic E-state index is 0. The van der Waals surface area contributed by atoms with Gasteiger partial charge in [-0.1, -0.05) is 0 Å². The molecule has 2 N–H and O–H groups in total. The molecule has 7 heteroatoms. The Morgan fingerprint density at radius 3 is 2.62 bits per heavy atom. The second kappa shape index (κ2) is 6.21. The fraction of sp³-hybridized carbons (Fsp3) is 0. The van der Waals surface area contributed by atoms with Gasteiger partial charge in [-0.25, -0.2) is 9.97 Å². The SMILES string of the molecule is Cl.Cl.Cl.Nc1ncc2sccc2n1. The van der Waals surface area contributed by atoms with Crippen LogP contribution in [0.15, 0.2) is 17.6 Å². The zero-order valence-electron chi connectivity index (χ0n) is 6.34. The third-order valence-corrected chi connectivity index (χ3v) is 2.06. The quantitative estimate of drug-likeness (QED) is 0.792. The van der Waals surface area contributed by atoms with Gasteiger partial charge in [-0.05, 0) is 11.4 Å². The van der Waals surface area contributed by atoms with E-state index in [0.29, 0.717) is 5.95 Å². The van der Waals surface area contributed by atoms with Crippen LogP contribution in [0.25, 0.3) is 10.2 Å². The molecular weight excluding hydrogens is 253 g/mol. The number of hydrogen-bond donors (Lipinski definition) is 1. The van der Waals surface area contributed by atoms with Gasteiger partial charge >= 0.3 is 0 Å². The highest BCUT2D eigenvalue weighted by Gasteiger charge is 1.95. The van der Waals surface area contributed by atoms with Crippen molar-refractivity contribution in [3.63, 3.8) is 0 Å². The molecule has 0 atom stereocenters. The Morgan fingerprint density at radius 1 is 1.23 bits per heavy atom. The molecule has 0 unspecified atom stereocenters. The van der Waals surface area contributed by atoms with Crippen molar-refractivity contribution in [3.05, 3.63) is 17.6 Å². The van der Waals surface area contributed by atoms with Crippen LogP contribution in [0.3, 0.4) is 0 Å². The van der Waals surface area contributed by atoms with E-state index in [4.69, 9.17) is 5.73 Å². The topological polar surface area (TPSA) is 51.8 Å². The van der Waals surface area contributed by atoms with E-state index in [2.05, 4.69) is 9.97 Å². The van der Waals surface area contributed by atoms with Gasteiger partial charge < -0.3 is 5.73 Å². The van der Waals surface area contributed by atoms with E-state index >= 15 is 0 Å². The van der Waals surface area contributed by atoms with Gasteiger partial charge in [0, 0.05) is 0 Å². The summed E-state index contributed by atoms with van der Waals surface area (Å²) in [5.74, 6) is 0.339. The molecule has 3 nitrogen and oxygen atoms in total. The summed E-state index contributed by atoms with van der Waals surface area (Å²) >= 11 is 1.62. The lowest BCUT2D eigenvalue weighted by atomic mass is 10.5. The maximum absolute atomic E-state index is 5.37. The van der Waals surface area contributed by atoms with Crippen LogP contribution >= 0.6 is 48.6 Å². The first-order chi connectivity index (χ1) is 4.86. The van der Waals surface area contributed by atoms with Crippen LogP contribution < -0.4 is 5.73 Å². The first kappa shape index (κ1) is 15.2. The molecule has 0 aliphatic heterocycles. The number of nitrogens with two attached hydrogens (primary N) is 1. The highest BCUT2D eigenvalue weighted by molar-refractivity contribution is 7.17. The molecule has 0 aliphatic rings. The van der Waals surface area contributed by atoms with E-state index in [1.54, 1.807) is 17.5 Å². The zero-order valence-corrected chi connectivity index (χ0v) is 9.60. The Bertz CT molecular complexity index is 365. The van der Waals surface area contributed by atoms with E-state index in [1.165, 1.54) is 0 Å². The summed E-state index contributed by atoms with van der Waals surface area (Å²) in [4.78, 5) is 7.87. The molecule has 2 aromatic rings. The highest BCUT2D eigenvalue weighted by atomic mass is 35.5. The molecule has 74 valence electrons. The van der Waals surface area contributed by atoms with Gasteiger partial charge in [-0.3, -0.25) is 0 Å². The van der Waals surface area contributed by atoms with Crippen molar-refractivity contribution in [2.45, 2.75) is 0 Å². The molecule has 13 heavy (non-hydrogen) atoms. The Morgan fingerprint density at radius 2 is 1.92 bits per heavy atom. The number of nitrogens with zero attached hydrogens (tertiary/aromatic N) is 2. The molecular formula is C6H8Cl3N3S. The number of rotatable bonds is 0. The lowest BCUT2D eigenvalue weighted by Gasteiger charge is -1.88. The molecule has 0 amide bonds. The third kappa shape index (κ3) is 3.15. The lowest BCUT2D eigenvalue weighted by Crippen LogP contribution is -1.91. The van der Waals surface area contributed by atoms with Gasteiger partial charge in [-0.2, -0.15) is 0 Å². The standard InChI is InChI=1S/C6H5N3S.3ClH/c7-6-8-3-5-4(9-6)1-2-10-5;;;/h1-3H,(H2,7,8,9);3*1H. The Hall–Kier alpha value is -0.290. The lowest BCUT2D eigenvalue weighted by molar-refractivity contribution is 1.25. The summed E-state index contributed by atoms with van der Waals surface area (Å²) in [6.45, 7) is 0. The maximum Gasteiger partial charge on any atom is 0.220 e. The van der Waals surface area contributed by atoms with Crippen LogP contribution in [0, 0.1) is 0 Å². The number of aromatic nitrogens is 2. The summed E-state index contributed by atoms with van der Waals surface area (Å²) in [5.41, 5.74) is 6.29. The zero-order chi connectivity index (χ0) is 6.97. The van der Waals surface area contributed by atoms with Crippen molar-refractivity contribution >= 4 is 64.7 Å². The largest absolute Gasteiger partial charge is 0.368 e. The number of nitrogen functional groups attached to an aromatic ring is 1. The molecule has 0 spiro atoms. The molecule has 0 radical (unpaired) electrons. The first-order valence-electron chi connectivity index (χ1n) is 2.82. The van der Waals surface area contributed by atoms with Gasteiger partial charge in [0.25, 0.3) is 0 Å². The second-order valence-corrected chi connectivity index (χ2v) is 2.85. The van der Waals surface area contributed by atoms with Crippen molar-refractivity contribution in [1.82, 2.24) is 9.97 Å². The van der Waals surface area contributed by atoms with Crippen LogP contribution in [-0.2, 0) is 0 Å². The number of fused-ring (bicyclic) bond motifs is 1. The van der Waals surface area contributed by atoms with Crippen LogP contribution in [0.5, 0.6) is 0 Å². The Balaban J connectivity index is 0. The van der Waals surface area contributed by atoms with Crippen LogP contribution in [0.2, 0.25) is 0 Å². The Labute approximate surface area is 98.0 Å². The average Bonchev–Trinajstić information content (AvgIpc) is 2.33. The van der Waals surface area contributed by atoms with Crippen molar-refractivity contribution in [2.24, 2.45) is 0 Å². The smallest absolute Gasteiger partial charge is 0.220 e. The molecule has 2 rings (SSSR count). The van der Waals surface area contributed by atoms with Crippen molar-refractivity contribution < 1.29 is 0 Å². The van der Waals surface area contributed by atoms with Crippen molar-refractivity contribution in [1.29, 1.82) is 0 Å². The molecule has 0 aliphatic carbocycles. The van der Waals surface area contributed by atoms with Gasteiger partial charge in [-0.15, -0.1) is 48.6 Å². The van der Waals surface area contributed by atoms with Gasteiger partial charge in [0.2, 0.25) is 5.95 Å². The average molecular weight is 261 g/mol. The van der Waals surface area contributed by atoms with Gasteiger partial charge in [0.15, 0.2) is 0 Å². The van der Waals surface area contributed by atoms with Crippen LogP contribution in [0.1, 0.15) is 0 Å². The van der Waals surface area contributed by atoms with Crippen molar-refractivity contribution in [2.75, 3.05) is 5.73 Å². The molecule has 0 bridgehead atoms. The van der Waals surface area contributed by atoms with Crippen molar-refractivity contribution in [3.8, 4) is 0 Å². The highest BCUT2D eigenvalue weighted by Crippen LogP contribution is 2.17. The number of anilines is 1. The maximum atomic E-state index is 5.37. The van der Waals surface area contributed by atoms with Crippen LogP contribution in [-0.4, -0.2) is 9.97 Å². The fourth-order valence-electron chi connectivity index (χ4n) is 0.780. The molecule has 0 aromatic carbocycles. The minimum Gasteiger partial charge on any atom is -0.368 e. The summed E-state index contributed by atoms with van der Waals surface area (Å²) in [7, 11) is 0. The monoisotopic (exact) mass is 259 g/mol. The minimum absolute atomic E-state index is 0. The fourth-order valence-corrected chi connectivity index (χ4v) is 1.47. The molecule has 2 aromatic heterocycles. The predicted molar refractivity (Wildman–Crippen MR) is 63.6 cm³/mol. The second-order valence-electron chi connectivity index (χ2n) is 1.90. The third-order valence-electron chi connectivity index (χ3n) is 1.22. The first-order valence-corrected chi connectivity index (χ1v) is 3.70.